The van der Waals surface area contributed by atoms with Crippen molar-refractivity contribution in [2.45, 2.75) is 20.5 Å². The van der Waals surface area contributed by atoms with E-state index in [0.717, 1.165) is 22.4 Å². The zero-order valence-electron chi connectivity index (χ0n) is 16.8. The predicted octanol–water partition coefficient (Wildman–Crippen LogP) is 1.43. The van der Waals surface area contributed by atoms with Gasteiger partial charge in [-0.15, -0.1) is 0 Å². The molecule has 0 aliphatic carbocycles. The number of carboxylic acid groups (broad SMARTS) is 1. The fourth-order valence-electron chi connectivity index (χ4n) is 4.01. The molecule has 2 aromatic carbocycles. The molecule has 1 aromatic heterocycles. The molecular weight excluding hydrogens is 416 g/mol. The van der Waals surface area contributed by atoms with Crippen LogP contribution >= 0.6 is 11.3 Å². The summed E-state index contributed by atoms with van der Waals surface area (Å²) in [5.74, 6) is -1.30. The number of carboxylic acids is 1. The lowest BCUT2D eigenvalue weighted by atomic mass is 10.0. The van der Waals surface area contributed by atoms with Crippen LogP contribution < -0.4 is 25.1 Å². The minimum absolute atomic E-state index is 0.169. The number of rotatable bonds is 2. The lowest BCUT2D eigenvalue weighted by Gasteiger charge is -2.25. The molecule has 9 heteroatoms. The first kappa shape index (κ1) is 19.3. The van der Waals surface area contributed by atoms with Gasteiger partial charge in [-0.25, -0.2) is 9.79 Å². The Morgan fingerprint density at radius 3 is 2.77 bits per heavy atom. The van der Waals surface area contributed by atoms with E-state index in [1.165, 1.54) is 22.0 Å². The highest BCUT2D eigenvalue weighted by Crippen LogP contribution is 2.33. The lowest BCUT2D eigenvalue weighted by molar-refractivity contribution is -0.110. The van der Waals surface area contributed by atoms with Crippen LogP contribution in [0.15, 0.2) is 46.2 Å². The Morgan fingerprint density at radius 1 is 1.19 bits per heavy atom. The van der Waals surface area contributed by atoms with E-state index in [-0.39, 0.29) is 23.7 Å². The van der Waals surface area contributed by atoms with E-state index in [0.29, 0.717) is 27.3 Å². The third kappa shape index (κ3) is 3.05. The molecule has 0 radical (unpaired) electrons. The molecule has 3 heterocycles. The van der Waals surface area contributed by atoms with E-state index in [9.17, 15) is 19.5 Å². The second-order valence-corrected chi connectivity index (χ2v) is 8.59. The SMILES string of the molecule is Cc1cc(C)c2c(c1)C(=c1sc3n(c1=O)CN(c1cccc(C(=O)O)c1)CN=3)C(=O)N2. The van der Waals surface area contributed by atoms with Crippen molar-refractivity contribution in [1.29, 1.82) is 0 Å². The number of aryl methyl sites for hydroxylation is 2. The summed E-state index contributed by atoms with van der Waals surface area (Å²) in [5.41, 5.74) is 4.39. The van der Waals surface area contributed by atoms with Crippen molar-refractivity contribution >= 4 is 40.2 Å². The van der Waals surface area contributed by atoms with Crippen LogP contribution in [0.3, 0.4) is 0 Å². The molecule has 0 fully saturated rings. The molecule has 156 valence electrons. The number of benzene rings is 2. The van der Waals surface area contributed by atoms with Gasteiger partial charge in [0.1, 0.15) is 17.9 Å². The average Bonchev–Trinajstić information content (AvgIpc) is 3.24. The van der Waals surface area contributed by atoms with Crippen LogP contribution in [-0.4, -0.2) is 28.2 Å². The number of hydrogen-bond acceptors (Lipinski definition) is 6. The molecule has 2 N–H and O–H groups in total. The average molecular weight is 434 g/mol. The van der Waals surface area contributed by atoms with Gasteiger partial charge in [-0.3, -0.25) is 14.2 Å². The largest absolute Gasteiger partial charge is 0.478 e. The van der Waals surface area contributed by atoms with E-state index >= 15 is 0 Å². The smallest absolute Gasteiger partial charge is 0.335 e. The summed E-state index contributed by atoms with van der Waals surface area (Å²) in [7, 11) is 0. The maximum absolute atomic E-state index is 13.3. The molecule has 2 aliphatic rings. The lowest BCUT2D eigenvalue weighted by Crippen LogP contribution is -2.43. The second-order valence-electron chi connectivity index (χ2n) is 7.62. The maximum atomic E-state index is 13.3. The molecule has 2 aliphatic heterocycles. The number of aromatic nitrogens is 1. The molecule has 0 spiro atoms. The number of anilines is 2. The zero-order chi connectivity index (χ0) is 21.9. The Hall–Kier alpha value is -3.72. The number of amides is 1. The molecule has 5 rings (SSSR count). The van der Waals surface area contributed by atoms with Gasteiger partial charge in [-0.05, 0) is 43.7 Å². The highest BCUT2D eigenvalue weighted by Gasteiger charge is 2.29. The third-order valence-corrected chi connectivity index (χ3v) is 6.57. The molecule has 31 heavy (non-hydrogen) atoms. The summed E-state index contributed by atoms with van der Waals surface area (Å²) in [5, 5.41) is 12.1. The van der Waals surface area contributed by atoms with Crippen LogP contribution in [0.1, 0.15) is 27.0 Å². The van der Waals surface area contributed by atoms with Gasteiger partial charge in [-0.1, -0.05) is 29.0 Å². The fourth-order valence-corrected chi connectivity index (χ4v) is 5.07. The van der Waals surface area contributed by atoms with Gasteiger partial charge in [0.25, 0.3) is 11.5 Å². The quantitative estimate of drug-likeness (QED) is 0.635. The van der Waals surface area contributed by atoms with Crippen LogP contribution in [0.25, 0.3) is 5.57 Å². The number of nitrogens with one attached hydrogen (secondary N) is 1. The summed E-state index contributed by atoms with van der Waals surface area (Å²) >= 11 is 1.21. The van der Waals surface area contributed by atoms with Gasteiger partial charge in [0.2, 0.25) is 0 Å². The van der Waals surface area contributed by atoms with Crippen LogP contribution in [0.2, 0.25) is 0 Å². The fraction of sp³-hybridized carbons (Fsp3) is 0.182. The van der Waals surface area contributed by atoms with Crippen molar-refractivity contribution in [2.75, 3.05) is 16.9 Å². The number of hydrogen-bond donors (Lipinski definition) is 2. The molecule has 0 saturated carbocycles. The highest BCUT2D eigenvalue weighted by molar-refractivity contribution is 7.07. The Balaban J connectivity index is 1.63. The van der Waals surface area contributed by atoms with Gasteiger partial charge in [0.15, 0.2) is 4.80 Å². The summed E-state index contributed by atoms with van der Waals surface area (Å²) < 4.78 is 1.89. The van der Waals surface area contributed by atoms with Gasteiger partial charge in [0.05, 0.1) is 16.8 Å². The third-order valence-electron chi connectivity index (χ3n) is 5.45. The van der Waals surface area contributed by atoms with Crippen molar-refractivity contribution in [2.24, 2.45) is 4.99 Å². The predicted molar refractivity (Wildman–Crippen MR) is 117 cm³/mol. The van der Waals surface area contributed by atoms with E-state index in [1.54, 1.807) is 18.2 Å². The first-order valence-electron chi connectivity index (χ1n) is 9.63. The van der Waals surface area contributed by atoms with Crippen molar-refractivity contribution in [1.82, 2.24) is 4.57 Å². The minimum atomic E-state index is -1.01. The molecule has 0 unspecified atom stereocenters. The van der Waals surface area contributed by atoms with Gasteiger partial charge >= 0.3 is 5.97 Å². The molecule has 1 amide bonds. The van der Waals surface area contributed by atoms with E-state index in [2.05, 4.69) is 10.3 Å². The van der Waals surface area contributed by atoms with E-state index in [4.69, 9.17) is 0 Å². The van der Waals surface area contributed by atoms with Gasteiger partial charge < -0.3 is 15.3 Å². The first-order chi connectivity index (χ1) is 14.8. The summed E-state index contributed by atoms with van der Waals surface area (Å²) in [6, 6.07) is 10.4. The van der Waals surface area contributed by atoms with Crippen LogP contribution in [0.5, 0.6) is 0 Å². The summed E-state index contributed by atoms with van der Waals surface area (Å²) in [6.07, 6.45) is 0. The van der Waals surface area contributed by atoms with Gasteiger partial charge in [-0.2, -0.15) is 0 Å². The van der Waals surface area contributed by atoms with Crippen LogP contribution in [0, 0.1) is 13.8 Å². The van der Waals surface area contributed by atoms with E-state index < -0.39 is 5.97 Å². The minimum Gasteiger partial charge on any atom is -0.478 e. The highest BCUT2D eigenvalue weighted by atomic mass is 32.1. The van der Waals surface area contributed by atoms with Crippen LogP contribution in [0.4, 0.5) is 11.4 Å². The molecule has 0 atom stereocenters. The first-order valence-corrected chi connectivity index (χ1v) is 10.4. The standard InChI is InChI=1S/C22H18N4O4S/c1-11-6-12(2)17-15(7-11)16(19(27)24-17)18-20(28)26-10-25(9-23-22(26)31-18)14-5-3-4-13(8-14)21(29)30/h3-8H,9-10H2,1-2H3,(H,24,27)(H,29,30). The zero-order valence-corrected chi connectivity index (χ0v) is 17.6. The molecule has 0 saturated heterocycles. The van der Waals surface area contributed by atoms with Crippen molar-refractivity contribution in [3.05, 3.63) is 78.3 Å². The number of aromatic carboxylic acids is 1. The van der Waals surface area contributed by atoms with Gasteiger partial charge in [0, 0.05) is 11.3 Å². The number of carbonyl (C=O) groups is 2. The maximum Gasteiger partial charge on any atom is 0.335 e. The Morgan fingerprint density at radius 2 is 2.00 bits per heavy atom. The number of fused-ring (bicyclic) bond motifs is 2. The summed E-state index contributed by atoms with van der Waals surface area (Å²) in [4.78, 5) is 44.2. The normalized spacial score (nSPS) is 16.5. The Bertz CT molecular complexity index is 1470. The van der Waals surface area contributed by atoms with Crippen molar-refractivity contribution < 1.29 is 14.7 Å². The summed E-state index contributed by atoms with van der Waals surface area (Å²) in [6.45, 7) is 4.41. The number of thiazole rings is 1. The molecule has 8 nitrogen and oxygen atoms in total. The molecule has 3 aromatic rings. The monoisotopic (exact) mass is 434 g/mol. The van der Waals surface area contributed by atoms with Crippen molar-refractivity contribution in [3.8, 4) is 0 Å². The Kier molecular flexibility index (Phi) is 4.30. The number of nitrogens with zero attached hydrogens (tertiary/aromatic N) is 3. The number of carbonyl (C=O) groups excluding carboxylic acids is 1. The van der Waals surface area contributed by atoms with E-state index in [1.807, 2.05) is 30.9 Å². The second kappa shape index (κ2) is 6.92. The molecular formula is C22H18N4O4S. The molecule has 0 bridgehead atoms. The topological polar surface area (TPSA) is 104 Å². The Labute approximate surface area is 180 Å². The van der Waals surface area contributed by atoms with Crippen molar-refractivity contribution in [3.63, 3.8) is 0 Å². The van der Waals surface area contributed by atoms with Crippen LogP contribution in [-0.2, 0) is 11.5 Å².